The van der Waals surface area contributed by atoms with E-state index in [2.05, 4.69) is 39.6 Å². The summed E-state index contributed by atoms with van der Waals surface area (Å²) in [6.45, 7) is 10.2. The molecular weight excluding hydrogens is 258 g/mol. The van der Waals surface area contributed by atoms with Crippen LogP contribution in [0.2, 0.25) is 0 Å². The number of nitrogens with one attached hydrogen (secondary N) is 2. The van der Waals surface area contributed by atoms with Crippen LogP contribution in [0.25, 0.3) is 0 Å². The Kier molecular flexibility index (Phi) is 4.72. The van der Waals surface area contributed by atoms with Crippen LogP contribution in [0.5, 0.6) is 0 Å². The maximum absolute atomic E-state index is 12.0. The van der Waals surface area contributed by atoms with Crippen LogP contribution in [0.4, 0.5) is 6.01 Å². The molecule has 1 saturated heterocycles. The highest BCUT2D eigenvalue weighted by molar-refractivity contribution is 5.90. The van der Waals surface area contributed by atoms with Gasteiger partial charge in [0.15, 0.2) is 0 Å². The Hall–Kier alpha value is -1.47. The maximum atomic E-state index is 12.0. The summed E-state index contributed by atoms with van der Waals surface area (Å²) in [5, 5.41) is 13.8. The topological polar surface area (TPSA) is 83.3 Å². The molecule has 20 heavy (non-hydrogen) atoms. The number of nitrogens with zero attached hydrogens (tertiary/aromatic N) is 3. The van der Waals surface area contributed by atoms with E-state index in [1.54, 1.807) is 0 Å². The average Bonchev–Trinajstić information content (AvgIpc) is 2.82. The minimum absolute atomic E-state index is 0.120. The number of hydrogen-bond donors (Lipinski definition) is 2. The van der Waals surface area contributed by atoms with E-state index >= 15 is 0 Å². The number of carbonyl (C=O) groups excluding carboxylic acids is 1. The van der Waals surface area contributed by atoms with E-state index in [0.717, 1.165) is 13.1 Å². The number of anilines is 1. The smallest absolute Gasteiger partial charge is 0.322 e. The van der Waals surface area contributed by atoms with Gasteiger partial charge in [-0.05, 0) is 13.8 Å². The first-order chi connectivity index (χ1) is 9.45. The van der Waals surface area contributed by atoms with Gasteiger partial charge in [0, 0.05) is 31.1 Å². The highest BCUT2D eigenvalue weighted by Crippen LogP contribution is 2.15. The first-order valence-electron chi connectivity index (χ1n) is 7.06. The Morgan fingerprint density at radius 2 is 2.25 bits per heavy atom. The van der Waals surface area contributed by atoms with Crippen molar-refractivity contribution in [2.45, 2.75) is 45.7 Å². The van der Waals surface area contributed by atoms with Crippen molar-refractivity contribution in [2.75, 3.05) is 25.0 Å². The number of piperazine rings is 1. The normalized spacial score (nSPS) is 24.1. The minimum Gasteiger partial charge on any atom is -0.408 e. The molecule has 0 aliphatic carbocycles. The van der Waals surface area contributed by atoms with Gasteiger partial charge in [0.05, 0.1) is 6.54 Å². The number of rotatable bonds is 4. The van der Waals surface area contributed by atoms with E-state index < -0.39 is 0 Å². The number of amides is 1. The molecule has 1 aliphatic rings. The minimum atomic E-state index is -0.120. The van der Waals surface area contributed by atoms with E-state index in [4.69, 9.17) is 4.42 Å². The van der Waals surface area contributed by atoms with Crippen molar-refractivity contribution in [1.82, 2.24) is 20.4 Å². The van der Waals surface area contributed by atoms with Crippen LogP contribution in [-0.4, -0.2) is 52.7 Å². The quantitative estimate of drug-likeness (QED) is 0.850. The monoisotopic (exact) mass is 281 g/mol. The maximum Gasteiger partial charge on any atom is 0.322 e. The van der Waals surface area contributed by atoms with Crippen LogP contribution in [0, 0.1) is 0 Å². The van der Waals surface area contributed by atoms with Crippen molar-refractivity contribution >= 4 is 11.9 Å². The third-order valence-electron chi connectivity index (χ3n) is 3.42. The van der Waals surface area contributed by atoms with Gasteiger partial charge in [0.2, 0.25) is 11.8 Å². The van der Waals surface area contributed by atoms with Crippen molar-refractivity contribution in [3.8, 4) is 0 Å². The van der Waals surface area contributed by atoms with Crippen molar-refractivity contribution < 1.29 is 9.21 Å². The standard InChI is InChI=1S/C13H23N5O2/c1-8(2)12-16-17-13(20-12)15-11(19)7-18-6-9(3)14-5-10(18)4/h8-10,14H,5-7H2,1-4H3,(H,15,17,19). The first kappa shape index (κ1) is 14.9. The zero-order chi connectivity index (χ0) is 14.7. The summed E-state index contributed by atoms with van der Waals surface area (Å²) in [6, 6.07) is 0.912. The zero-order valence-electron chi connectivity index (χ0n) is 12.5. The molecule has 2 unspecified atom stereocenters. The number of hydrogen-bond acceptors (Lipinski definition) is 6. The summed E-state index contributed by atoms with van der Waals surface area (Å²) in [5.41, 5.74) is 0. The molecule has 0 aromatic carbocycles. The fraction of sp³-hybridized carbons (Fsp3) is 0.769. The van der Waals surface area contributed by atoms with E-state index in [1.165, 1.54) is 0 Å². The van der Waals surface area contributed by atoms with Crippen molar-refractivity contribution in [2.24, 2.45) is 0 Å². The van der Waals surface area contributed by atoms with Gasteiger partial charge in [-0.3, -0.25) is 15.0 Å². The molecule has 1 aliphatic heterocycles. The molecule has 112 valence electrons. The van der Waals surface area contributed by atoms with Gasteiger partial charge < -0.3 is 9.73 Å². The summed E-state index contributed by atoms with van der Waals surface area (Å²) in [4.78, 5) is 14.2. The third-order valence-corrected chi connectivity index (χ3v) is 3.42. The molecule has 0 radical (unpaired) electrons. The van der Waals surface area contributed by atoms with E-state index in [-0.39, 0.29) is 17.8 Å². The molecule has 1 amide bonds. The van der Waals surface area contributed by atoms with Gasteiger partial charge in [-0.25, -0.2) is 0 Å². The van der Waals surface area contributed by atoms with Crippen LogP contribution in [0.3, 0.4) is 0 Å². The molecule has 7 nitrogen and oxygen atoms in total. The fourth-order valence-corrected chi connectivity index (χ4v) is 2.18. The summed E-state index contributed by atoms with van der Waals surface area (Å²) in [5.74, 6) is 0.566. The lowest BCUT2D eigenvalue weighted by Crippen LogP contribution is -2.55. The Bertz CT molecular complexity index is 459. The second-order valence-electron chi connectivity index (χ2n) is 5.74. The molecule has 1 aromatic heterocycles. The Morgan fingerprint density at radius 3 is 2.90 bits per heavy atom. The van der Waals surface area contributed by atoms with Gasteiger partial charge in [-0.1, -0.05) is 18.9 Å². The highest BCUT2D eigenvalue weighted by Gasteiger charge is 2.24. The van der Waals surface area contributed by atoms with Gasteiger partial charge in [0.1, 0.15) is 0 Å². The molecule has 0 spiro atoms. The predicted molar refractivity (Wildman–Crippen MR) is 75.5 cm³/mol. The molecular formula is C13H23N5O2. The van der Waals surface area contributed by atoms with Crippen LogP contribution in [-0.2, 0) is 4.79 Å². The number of carbonyl (C=O) groups is 1. The second-order valence-corrected chi connectivity index (χ2v) is 5.74. The predicted octanol–water partition coefficient (Wildman–Crippen LogP) is 0.814. The van der Waals surface area contributed by atoms with E-state index in [1.807, 2.05) is 13.8 Å². The molecule has 0 saturated carbocycles. The lowest BCUT2D eigenvalue weighted by atomic mass is 10.1. The average molecular weight is 281 g/mol. The van der Waals surface area contributed by atoms with Crippen LogP contribution in [0.15, 0.2) is 4.42 Å². The van der Waals surface area contributed by atoms with Gasteiger partial charge in [0.25, 0.3) is 0 Å². The van der Waals surface area contributed by atoms with Crippen LogP contribution < -0.4 is 10.6 Å². The summed E-state index contributed by atoms with van der Waals surface area (Å²) < 4.78 is 5.37. The number of aromatic nitrogens is 2. The van der Waals surface area contributed by atoms with Gasteiger partial charge in [-0.15, -0.1) is 5.10 Å². The Morgan fingerprint density at radius 1 is 1.50 bits per heavy atom. The molecule has 2 atom stereocenters. The van der Waals surface area contributed by atoms with Crippen LogP contribution >= 0.6 is 0 Å². The third kappa shape index (κ3) is 3.77. The summed E-state index contributed by atoms with van der Waals surface area (Å²) in [7, 11) is 0. The molecule has 1 aromatic rings. The van der Waals surface area contributed by atoms with E-state index in [9.17, 15) is 4.79 Å². The Labute approximate surface area is 119 Å². The van der Waals surface area contributed by atoms with Gasteiger partial charge in [-0.2, -0.15) is 0 Å². The first-order valence-corrected chi connectivity index (χ1v) is 7.06. The lowest BCUT2D eigenvalue weighted by molar-refractivity contribution is -0.118. The largest absolute Gasteiger partial charge is 0.408 e. The van der Waals surface area contributed by atoms with Crippen molar-refractivity contribution in [1.29, 1.82) is 0 Å². The molecule has 2 rings (SSSR count). The summed E-state index contributed by atoms with van der Waals surface area (Å²) in [6.07, 6.45) is 0. The molecule has 2 N–H and O–H groups in total. The highest BCUT2D eigenvalue weighted by atomic mass is 16.4. The molecule has 0 bridgehead atoms. The van der Waals surface area contributed by atoms with Crippen molar-refractivity contribution in [3.63, 3.8) is 0 Å². The second kappa shape index (κ2) is 6.32. The lowest BCUT2D eigenvalue weighted by Gasteiger charge is -2.36. The van der Waals surface area contributed by atoms with Crippen LogP contribution in [0.1, 0.15) is 39.5 Å². The summed E-state index contributed by atoms with van der Waals surface area (Å²) >= 11 is 0. The van der Waals surface area contributed by atoms with Gasteiger partial charge >= 0.3 is 6.01 Å². The van der Waals surface area contributed by atoms with Crippen molar-refractivity contribution in [3.05, 3.63) is 5.89 Å². The Balaban J connectivity index is 1.88. The van der Waals surface area contributed by atoms with E-state index in [0.29, 0.717) is 24.5 Å². The molecule has 2 heterocycles. The SMILES string of the molecule is CC1CN(CC(=O)Nc2nnc(C(C)C)o2)C(C)CN1. The fourth-order valence-electron chi connectivity index (χ4n) is 2.18. The molecule has 7 heteroatoms. The molecule has 1 fully saturated rings. The zero-order valence-corrected chi connectivity index (χ0v) is 12.5.